The van der Waals surface area contributed by atoms with Gasteiger partial charge in [-0.25, -0.2) is 4.79 Å². The van der Waals surface area contributed by atoms with Crippen molar-refractivity contribution in [3.8, 4) is 0 Å². The first-order valence-electron chi connectivity index (χ1n) is 6.43. The van der Waals surface area contributed by atoms with Crippen molar-refractivity contribution in [2.75, 3.05) is 18.5 Å². The molecular weight excluding hydrogens is 317 g/mol. The van der Waals surface area contributed by atoms with Crippen molar-refractivity contribution >= 4 is 41.0 Å². The fourth-order valence-corrected chi connectivity index (χ4v) is 1.71. The molecule has 0 saturated heterocycles. The number of carbonyl (C=O) groups excluding carboxylic acids is 2. The maximum atomic E-state index is 11.5. The number of anilines is 1. The molecule has 1 amide bonds. The summed E-state index contributed by atoms with van der Waals surface area (Å²) in [6.07, 6.45) is -0.316. The van der Waals surface area contributed by atoms with Crippen LogP contribution in [0.1, 0.15) is 20.3 Å². The van der Waals surface area contributed by atoms with Gasteiger partial charge in [-0.2, -0.15) is 0 Å². The lowest BCUT2D eigenvalue weighted by Gasteiger charge is -2.09. The SMILES string of the molecule is CC(C)CC(=O)OCCOC(=O)Nc1ccc(Cl)c(Cl)c1. The van der Waals surface area contributed by atoms with Gasteiger partial charge in [-0.15, -0.1) is 0 Å². The molecule has 5 nitrogen and oxygen atoms in total. The highest BCUT2D eigenvalue weighted by Gasteiger charge is 2.08. The van der Waals surface area contributed by atoms with Crippen LogP contribution in [0, 0.1) is 5.92 Å². The zero-order chi connectivity index (χ0) is 15.8. The van der Waals surface area contributed by atoms with Crippen LogP contribution in [0.2, 0.25) is 10.0 Å². The minimum absolute atomic E-state index is 0.0169. The molecule has 0 atom stereocenters. The zero-order valence-corrected chi connectivity index (χ0v) is 13.3. The monoisotopic (exact) mass is 333 g/mol. The largest absolute Gasteiger partial charge is 0.462 e. The van der Waals surface area contributed by atoms with Crippen molar-refractivity contribution in [2.45, 2.75) is 20.3 Å². The number of hydrogen-bond donors (Lipinski definition) is 1. The van der Waals surface area contributed by atoms with E-state index in [0.29, 0.717) is 22.2 Å². The van der Waals surface area contributed by atoms with Gasteiger partial charge in [0.2, 0.25) is 0 Å². The van der Waals surface area contributed by atoms with Gasteiger partial charge in [0.15, 0.2) is 0 Å². The topological polar surface area (TPSA) is 64.6 Å². The van der Waals surface area contributed by atoms with Crippen LogP contribution in [0.3, 0.4) is 0 Å². The number of amides is 1. The van der Waals surface area contributed by atoms with Crippen LogP contribution < -0.4 is 5.32 Å². The van der Waals surface area contributed by atoms with E-state index in [2.05, 4.69) is 5.32 Å². The summed E-state index contributed by atoms with van der Waals surface area (Å²) >= 11 is 11.6. The number of esters is 1. The lowest BCUT2D eigenvalue weighted by Crippen LogP contribution is -2.18. The van der Waals surface area contributed by atoms with E-state index in [4.69, 9.17) is 32.7 Å². The molecule has 0 saturated carbocycles. The highest BCUT2D eigenvalue weighted by Crippen LogP contribution is 2.24. The fourth-order valence-electron chi connectivity index (χ4n) is 1.41. The van der Waals surface area contributed by atoms with Gasteiger partial charge in [0.05, 0.1) is 10.0 Å². The minimum Gasteiger partial charge on any atom is -0.462 e. The van der Waals surface area contributed by atoms with Crippen LogP contribution >= 0.6 is 23.2 Å². The second-order valence-electron chi connectivity index (χ2n) is 4.71. The van der Waals surface area contributed by atoms with Crippen LogP contribution in [0.4, 0.5) is 10.5 Å². The minimum atomic E-state index is -0.659. The number of rotatable bonds is 6. The lowest BCUT2D eigenvalue weighted by molar-refractivity contribution is -0.145. The van der Waals surface area contributed by atoms with Gasteiger partial charge < -0.3 is 9.47 Å². The third-order valence-corrected chi connectivity index (χ3v) is 3.06. The first kappa shape index (κ1) is 17.6. The summed E-state index contributed by atoms with van der Waals surface area (Å²) in [5, 5.41) is 3.21. The fraction of sp³-hybridized carbons (Fsp3) is 0.429. The van der Waals surface area contributed by atoms with E-state index in [-0.39, 0.29) is 25.1 Å². The van der Waals surface area contributed by atoms with E-state index in [1.807, 2.05) is 13.8 Å². The van der Waals surface area contributed by atoms with Gasteiger partial charge in [-0.05, 0) is 24.1 Å². The van der Waals surface area contributed by atoms with Crippen molar-refractivity contribution in [1.29, 1.82) is 0 Å². The number of benzene rings is 1. The summed E-state index contributed by atoms with van der Waals surface area (Å²) in [5.74, 6) is -0.0742. The molecular formula is C14H17Cl2NO4. The summed E-state index contributed by atoms with van der Waals surface area (Å²) in [6.45, 7) is 3.85. The zero-order valence-electron chi connectivity index (χ0n) is 11.8. The Labute approximate surface area is 133 Å². The molecule has 116 valence electrons. The molecule has 0 bridgehead atoms. The maximum Gasteiger partial charge on any atom is 0.411 e. The van der Waals surface area contributed by atoms with Crippen LogP contribution in [0.5, 0.6) is 0 Å². The van der Waals surface area contributed by atoms with Crippen LogP contribution in [0.15, 0.2) is 18.2 Å². The molecule has 1 aromatic rings. The van der Waals surface area contributed by atoms with E-state index in [9.17, 15) is 9.59 Å². The molecule has 0 aliphatic heterocycles. The molecule has 0 aromatic heterocycles. The Hall–Kier alpha value is -1.46. The summed E-state index contributed by atoms with van der Waals surface area (Å²) in [7, 11) is 0. The quantitative estimate of drug-likeness (QED) is 0.627. The molecule has 0 heterocycles. The third kappa shape index (κ3) is 7.20. The molecule has 7 heteroatoms. The first-order chi connectivity index (χ1) is 9.88. The van der Waals surface area contributed by atoms with Crippen LogP contribution in [-0.4, -0.2) is 25.3 Å². The summed E-state index contributed by atoms with van der Waals surface area (Å²) in [6, 6.07) is 4.67. The second-order valence-corrected chi connectivity index (χ2v) is 5.52. The van der Waals surface area contributed by atoms with E-state index >= 15 is 0 Å². The highest BCUT2D eigenvalue weighted by atomic mass is 35.5. The van der Waals surface area contributed by atoms with Crippen molar-refractivity contribution < 1.29 is 19.1 Å². The van der Waals surface area contributed by atoms with Crippen molar-refractivity contribution in [3.63, 3.8) is 0 Å². The lowest BCUT2D eigenvalue weighted by atomic mass is 10.1. The number of carbonyl (C=O) groups is 2. The number of nitrogens with one attached hydrogen (secondary N) is 1. The Morgan fingerprint density at radius 1 is 1.14 bits per heavy atom. The molecule has 1 aromatic carbocycles. The highest BCUT2D eigenvalue weighted by molar-refractivity contribution is 6.42. The van der Waals surface area contributed by atoms with Gasteiger partial charge >= 0.3 is 12.1 Å². The van der Waals surface area contributed by atoms with Gasteiger partial charge in [0, 0.05) is 12.1 Å². The van der Waals surface area contributed by atoms with Gasteiger partial charge in [-0.3, -0.25) is 10.1 Å². The number of halogens is 2. The Morgan fingerprint density at radius 3 is 2.43 bits per heavy atom. The van der Waals surface area contributed by atoms with Crippen molar-refractivity contribution in [2.24, 2.45) is 5.92 Å². The Kier molecular flexibility index (Phi) is 7.32. The van der Waals surface area contributed by atoms with Crippen molar-refractivity contribution in [1.82, 2.24) is 0 Å². The average molecular weight is 334 g/mol. The number of ether oxygens (including phenoxy) is 2. The smallest absolute Gasteiger partial charge is 0.411 e. The molecule has 0 spiro atoms. The normalized spacial score (nSPS) is 10.3. The van der Waals surface area contributed by atoms with Gasteiger partial charge in [0.25, 0.3) is 0 Å². The average Bonchev–Trinajstić information content (AvgIpc) is 2.38. The molecule has 1 rings (SSSR count). The van der Waals surface area contributed by atoms with E-state index in [0.717, 1.165) is 0 Å². The van der Waals surface area contributed by atoms with Crippen molar-refractivity contribution in [3.05, 3.63) is 28.2 Å². The Balaban J connectivity index is 2.25. The second kappa shape index (κ2) is 8.74. The maximum absolute atomic E-state index is 11.5. The predicted octanol–water partition coefficient (Wildman–Crippen LogP) is 4.13. The summed E-state index contributed by atoms with van der Waals surface area (Å²) in [5.41, 5.74) is 0.464. The number of hydrogen-bond acceptors (Lipinski definition) is 4. The van der Waals surface area contributed by atoms with Gasteiger partial charge in [-0.1, -0.05) is 37.0 Å². The van der Waals surface area contributed by atoms with Gasteiger partial charge in [0.1, 0.15) is 13.2 Å². The molecule has 21 heavy (non-hydrogen) atoms. The molecule has 0 aliphatic rings. The Morgan fingerprint density at radius 2 is 1.81 bits per heavy atom. The summed E-state index contributed by atoms with van der Waals surface area (Å²) < 4.78 is 9.77. The molecule has 0 fully saturated rings. The predicted molar refractivity (Wildman–Crippen MR) is 81.8 cm³/mol. The first-order valence-corrected chi connectivity index (χ1v) is 7.18. The molecule has 0 unspecified atom stereocenters. The Bertz CT molecular complexity index is 506. The summed E-state index contributed by atoms with van der Waals surface area (Å²) in [4.78, 5) is 22.7. The van der Waals surface area contributed by atoms with E-state index in [1.165, 1.54) is 6.07 Å². The standard InChI is InChI=1S/C14H17Cl2NO4/c1-9(2)7-13(18)20-5-6-21-14(19)17-10-3-4-11(15)12(16)8-10/h3-4,8-9H,5-7H2,1-2H3,(H,17,19). The van der Waals surface area contributed by atoms with Crippen LogP contribution in [0.25, 0.3) is 0 Å². The molecule has 1 N–H and O–H groups in total. The molecule has 0 radical (unpaired) electrons. The van der Waals surface area contributed by atoms with E-state index < -0.39 is 6.09 Å². The third-order valence-electron chi connectivity index (χ3n) is 2.32. The van der Waals surface area contributed by atoms with Crippen LogP contribution in [-0.2, 0) is 14.3 Å². The van der Waals surface area contributed by atoms with E-state index in [1.54, 1.807) is 12.1 Å². The molecule has 0 aliphatic carbocycles.